The molecule has 1 saturated heterocycles. The van der Waals surface area contributed by atoms with Crippen molar-refractivity contribution in [1.82, 2.24) is 5.32 Å². The van der Waals surface area contributed by atoms with Crippen molar-refractivity contribution >= 4 is 5.97 Å². The van der Waals surface area contributed by atoms with Gasteiger partial charge in [-0.1, -0.05) is 54.6 Å². The van der Waals surface area contributed by atoms with Crippen LogP contribution in [0, 0.1) is 17.0 Å². The van der Waals surface area contributed by atoms with E-state index in [0.717, 1.165) is 16.7 Å². The number of carbonyl (C=O) groups excluding carboxylic acids is 1. The van der Waals surface area contributed by atoms with E-state index in [2.05, 4.69) is 5.32 Å². The lowest BCUT2D eigenvalue weighted by Gasteiger charge is -2.19. The molecule has 1 heterocycles. The fraction of sp³-hybridized carbons (Fsp3) is 0.316. The van der Waals surface area contributed by atoms with Gasteiger partial charge in [0.1, 0.15) is 12.1 Å². The number of benzene rings is 2. The number of aryl methyl sites for hydroxylation is 1. The van der Waals surface area contributed by atoms with Crippen molar-refractivity contribution in [3.63, 3.8) is 0 Å². The molecule has 0 saturated carbocycles. The summed E-state index contributed by atoms with van der Waals surface area (Å²) in [5.41, 5.74) is 2.53. The lowest BCUT2D eigenvalue weighted by molar-refractivity contribution is -0.527. The van der Waals surface area contributed by atoms with Gasteiger partial charge in [-0.05, 0) is 23.6 Å². The largest absolute Gasteiger partial charge is 0.468 e. The van der Waals surface area contributed by atoms with Gasteiger partial charge in [0.2, 0.25) is 6.04 Å². The summed E-state index contributed by atoms with van der Waals surface area (Å²) in [5, 5.41) is 15.1. The smallest absolute Gasteiger partial charge is 0.323 e. The molecule has 1 N–H and O–H groups in total. The van der Waals surface area contributed by atoms with Crippen LogP contribution in [0.25, 0.3) is 0 Å². The molecule has 1 aliphatic rings. The third-order valence-corrected chi connectivity index (χ3v) is 4.83. The Bertz CT molecular complexity index is 778. The Morgan fingerprint density at radius 3 is 2.36 bits per heavy atom. The molecule has 25 heavy (non-hydrogen) atoms. The van der Waals surface area contributed by atoms with Gasteiger partial charge < -0.3 is 4.74 Å². The average Bonchev–Trinajstić information content (AvgIpc) is 3.02. The number of nitrogens with one attached hydrogen (secondary N) is 1. The first kappa shape index (κ1) is 17.1. The van der Waals surface area contributed by atoms with Crippen LogP contribution in [0.4, 0.5) is 0 Å². The van der Waals surface area contributed by atoms with Gasteiger partial charge in [0.15, 0.2) is 0 Å². The Kier molecular flexibility index (Phi) is 4.81. The molecule has 1 aliphatic heterocycles. The molecule has 1 fully saturated rings. The highest BCUT2D eigenvalue weighted by Crippen LogP contribution is 2.41. The van der Waals surface area contributed by atoms with Crippen molar-refractivity contribution in [3.8, 4) is 0 Å². The van der Waals surface area contributed by atoms with Crippen LogP contribution < -0.4 is 5.32 Å². The Hall–Kier alpha value is -2.73. The first-order chi connectivity index (χ1) is 12.0. The molecule has 0 unspecified atom stereocenters. The summed E-state index contributed by atoms with van der Waals surface area (Å²) < 4.78 is 4.90. The summed E-state index contributed by atoms with van der Waals surface area (Å²) >= 11 is 0. The molecule has 3 rings (SSSR count). The normalized spacial score (nSPS) is 25.5. The maximum absolute atomic E-state index is 12.3. The lowest BCUT2D eigenvalue weighted by Crippen LogP contribution is -2.37. The summed E-state index contributed by atoms with van der Waals surface area (Å²) in [4.78, 5) is 24.0. The molecule has 2 aromatic rings. The number of nitrogens with zero attached hydrogens (tertiary/aromatic N) is 1. The molecule has 4 atom stereocenters. The Morgan fingerprint density at radius 2 is 1.76 bits per heavy atom. The summed E-state index contributed by atoms with van der Waals surface area (Å²) in [5.74, 6) is -1.09. The minimum absolute atomic E-state index is 0.287. The maximum atomic E-state index is 12.3. The van der Waals surface area contributed by atoms with Gasteiger partial charge in [0.25, 0.3) is 0 Å². The summed E-state index contributed by atoms with van der Waals surface area (Å²) in [6.07, 6.45) is 0. The molecule has 6 nitrogen and oxygen atoms in total. The molecule has 0 radical (unpaired) electrons. The van der Waals surface area contributed by atoms with Crippen LogP contribution in [0.3, 0.4) is 0 Å². The second kappa shape index (κ2) is 7.03. The Balaban J connectivity index is 2.11. The Morgan fingerprint density at radius 1 is 1.12 bits per heavy atom. The van der Waals surface area contributed by atoms with E-state index in [0.29, 0.717) is 0 Å². The second-order valence-corrected chi connectivity index (χ2v) is 6.21. The van der Waals surface area contributed by atoms with E-state index >= 15 is 0 Å². The van der Waals surface area contributed by atoms with Crippen LogP contribution in [0.5, 0.6) is 0 Å². The molecular weight excluding hydrogens is 320 g/mol. The molecule has 2 aromatic carbocycles. The molecule has 130 valence electrons. The van der Waals surface area contributed by atoms with Gasteiger partial charge in [-0.25, -0.2) is 0 Å². The second-order valence-electron chi connectivity index (χ2n) is 6.21. The van der Waals surface area contributed by atoms with E-state index < -0.39 is 30.0 Å². The zero-order valence-electron chi connectivity index (χ0n) is 14.1. The average molecular weight is 340 g/mol. The predicted octanol–water partition coefficient (Wildman–Crippen LogP) is 2.61. The van der Waals surface area contributed by atoms with Crippen LogP contribution in [0.15, 0.2) is 54.6 Å². The first-order valence-electron chi connectivity index (χ1n) is 8.12. The third-order valence-electron chi connectivity index (χ3n) is 4.83. The quantitative estimate of drug-likeness (QED) is 0.526. The van der Waals surface area contributed by atoms with Crippen molar-refractivity contribution in [2.45, 2.75) is 31.0 Å². The molecule has 0 spiro atoms. The van der Waals surface area contributed by atoms with Crippen molar-refractivity contribution < 1.29 is 14.5 Å². The highest BCUT2D eigenvalue weighted by molar-refractivity contribution is 5.78. The lowest BCUT2D eigenvalue weighted by atomic mass is 9.85. The number of methoxy groups -OCH3 is 1. The minimum atomic E-state index is -0.965. The van der Waals surface area contributed by atoms with E-state index in [9.17, 15) is 14.9 Å². The zero-order chi connectivity index (χ0) is 18.0. The number of ether oxygens (including phenoxy) is 1. The molecule has 0 amide bonds. The maximum Gasteiger partial charge on any atom is 0.323 e. The summed E-state index contributed by atoms with van der Waals surface area (Å²) in [6, 6.07) is 14.3. The van der Waals surface area contributed by atoms with Gasteiger partial charge in [-0.3, -0.25) is 20.2 Å². The summed E-state index contributed by atoms with van der Waals surface area (Å²) in [6.45, 7) is 1.91. The van der Waals surface area contributed by atoms with Gasteiger partial charge in [0.05, 0.1) is 13.0 Å². The van der Waals surface area contributed by atoms with Crippen molar-refractivity contribution in [2.75, 3.05) is 7.11 Å². The zero-order valence-corrected chi connectivity index (χ0v) is 14.1. The van der Waals surface area contributed by atoms with Gasteiger partial charge in [-0.15, -0.1) is 0 Å². The van der Waals surface area contributed by atoms with Crippen molar-refractivity contribution in [1.29, 1.82) is 0 Å². The monoisotopic (exact) mass is 340 g/mol. The molecule has 0 aliphatic carbocycles. The number of esters is 1. The number of nitro groups is 1. The Labute approximate surface area is 146 Å². The van der Waals surface area contributed by atoms with Crippen molar-refractivity contribution in [3.05, 3.63) is 81.4 Å². The van der Waals surface area contributed by atoms with E-state index in [1.54, 1.807) is 0 Å². The standard InChI is InChI=1S/C19H20N2O4/c1-12-8-6-7-11-14(12)16-18(21(23)24)15(13-9-4-3-5-10-13)17(20-16)19(22)25-2/h3-11,15-18,20H,1-2H3/t15-,16+,17+,18+/m1/s1. The van der Waals surface area contributed by atoms with Crippen molar-refractivity contribution in [2.24, 2.45) is 0 Å². The van der Waals surface area contributed by atoms with E-state index in [1.165, 1.54) is 7.11 Å². The highest BCUT2D eigenvalue weighted by atomic mass is 16.6. The van der Waals surface area contributed by atoms with Gasteiger partial charge >= 0.3 is 5.97 Å². The number of rotatable bonds is 4. The van der Waals surface area contributed by atoms with Gasteiger partial charge in [-0.2, -0.15) is 0 Å². The topological polar surface area (TPSA) is 81.5 Å². The third kappa shape index (κ3) is 3.13. The molecular formula is C19H20N2O4. The number of hydrogen-bond acceptors (Lipinski definition) is 5. The van der Waals surface area contributed by atoms with E-state index in [-0.39, 0.29) is 4.92 Å². The van der Waals surface area contributed by atoms with E-state index in [4.69, 9.17) is 4.74 Å². The fourth-order valence-electron chi connectivity index (χ4n) is 3.67. The molecule has 0 bridgehead atoms. The first-order valence-corrected chi connectivity index (χ1v) is 8.12. The van der Waals surface area contributed by atoms with Gasteiger partial charge in [0, 0.05) is 4.92 Å². The fourth-order valence-corrected chi connectivity index (χ4v) is 3.67. The SMILES string of the molecule is COC(=O)[C@H]1N[C@@H](c2ccccc2C)[C@@H]([N+](=O)[O-])[C@@H]1c1ccccc1. The molecule has 0 aromatic heterocycles. The predicted molar refractivity (Wildman–Crippen MR) is 92.8 cm³/mol. The van der Waals surface area contributed by atoms with Crippen LogP contribution in [-0.2, 0) is 9.53 Å². The highest BCUT2D eigenvalue weighted by Gasteiger charge is 2.55. The van der Waals surface area contributed by atoms with Crippen LogP contribution in [0.1, 0.15) is 28.7 Å². The van der Waals surface area contributed by atoms with Crippen LogP contribution in [0.2, 0.25) is 0 Å². The molecule has 6 heteroatoms. The minimum Gasteiger partial charge on any atom is -0.468 e. The number of carbonyl (C=O) groups is 1. The van der Waals surface area contributed by atoms with Crippen LogP contribution >= 0.6 is 0 Å². The number of hydrogen-bond donors (Lipinski definition) is 1. The van der Waals surface area contributed by atoms with E-state index in [1.807, 2.05) is 61.5 Å². The van der Waals surface area contributed by atoms with Crippen LogP contribution in [-0.4, -0.2) is 30.1 Å². The summed E-state index contributed by atoms with van der Waals surface area (Å²) in [7, 11) is 1.30.